The van der Waals surface area contributed by atoms with E-state index in [0.717, 1.165) is 51.4 Å². The molecule has 0 radical (unpaired) electrons. The summed E-state index contributed by atoms with van der Waals surface area (Å²) in [5, 5.41) is 0. The second kappa shape index (κ2) is 4.88. The molecule has 25 heavy (non-hydrogen) atoms. The van der Waals surface area contributed by atoms with Crippen molar-refractivity contribution < 1.29 is 19.1 Å². The van der Waals surface area contributed by atoms with Gasteiger partial charge < -0.3 is 9.47 Å². The fourth-order valence-electron chi connectivity index (χ4n) is 7.75. The number of ketones is 1. The number of carbonyl (C=O) groups excluding carboxylic acids is 2. The van der Waals surface area contributed by atoms with Gasteiger partial charge in [-0.15, -0.1) is 0 Å². The zero-order chi connectivity index (χ0) is 17.6. The third kappa shape index (κ3) is 1.92. The highest BCUT2D eigenvalue weighted by molar-refractivity contribution is 5.87. The average Bonchev–Trinajstić information content (AvgIpc) is 3.15. The summed E-state index contributed by atoms with van der Waals surface area (Å²) in [6, 6.07) is 0. The second-order valence-corrected chi connectivity index (χ2v) is 9.92. The topological polar surface area (TPSA) is 55.9 Å². The van der Waals surface area contributed by atoms with Gasteiger partial charge in [-0.25, -0.2) is 0 Å². The summed E-state index contributed by atoms with van der Waals surface area (Å²) in [5.74, 6) is 2.19. The summed E-state index contributed by atoms with van der Waals surface area (Å²) < 4.78 is 12.0. The molecule has 5 rings (SSSR count). The molecule has 8 atom stereocenters. The van der Waals surface area contributed by atoms with E-state index in [-0.39, 0.29) is 28.5 Å². The minimum atomic E-state index is -0.172. The van der Waals surface area contributed by atoms with Crippen molar-refractivity contribution >= 4 is 11.8 Å². The number of Topliss-reactive ketones (excluding diaryl/α,β-unsaturated/α-hetero) is 1. The number of hydrogen-bond donors (Lipinski definition) is 0. The summed E-state index contributed by atoms with van der Waals surface area (Å²) in [5.41, 5.74) is 0.0500. The Hall–Kier alpha value is -0.900. The van der Waals surface area contributed by atoms with Gasteiger partial charge in [0.25, 0.3) is 0 Å². The Morgan fingerprint density at radius 2 is 1.96 bits per heavy atom. The summed E-state index contributed by atoms with van der Waals surface area (Å²) in [6.45, 7) is 6.18. The fourth-order valence-corrected chi connectivity index (χ4v) is 7.75. The highest BCUT2D eigenvalue weighted by Crippen LogP contribution is 2.73. The molecular formula is C21H30O4. The summed E-state index contributed by atoms with van der Waals surface area (Å²) in [6.07, 6.45) is 8.45. The van der Waals surface area contributed by atoms with Gasteiger partial charge in [-0.05, 0) is 56.3 Å². The largest absolute Gasteiger partial charge is 0.462 e. The van der Waals surface area contributed by atoms with E-state index >= 15 is 0 Å². The quantitative estimate of drug-likeness (QED) is 0.537. The summed E-state index contributed by atoms with van der Waals surface area (Å²) in [7, 11) is 0. The predicted molar refractivity (Wildman–Crippen MR) is 91.8 cm³/mol. The third-order valence-electron chi connectivity index (χ3n) is 9.08. The van der Waals surface area contributed by atoms with Gasteiger partial charge >= 0.3 is 5.97 Å². The number of carbonyl (C=O) groups is 2. The molecular weight excluding hydrogens is 316 g/mol. The molecule has 5 fully saturated rings. The van der Waals surface area contributed by atoms with Crippen LogP contribution in [0.25, 0.3) is 0 Å². The minimum absolute atomic E-state index is 0.0223. The molecule has 0 aromatic heterocycles. The standard InChI is InChI=1S/C21H30O4/c1-12(22)24-13-6-9-20(3)16-7-8-19(2)15(4-5-17(19)23)14(16)10-18-21(20,11-13)25-18/h13-16,18H,4-11H2,1-3H3/t13-,14+,15+,16+,18+,19+,20-,21+/m1/s1. The molecule has 0 unspecified atom stereocenters. The number of rotatable bonds is 1. The molecule has 4 saturated carbocycles. The molecule has 0 N–H and O–H groups in total. The zero-order valence-corrected chi connectivity index (χ0v) is 15.7. The van der Waals surface area contributed by atoms with E-state index in [4.69, 9.17) is 9.47 Å². The maximum Gasteiger partial charge on any atom is 0.302 e. The highest BCUT2D eigenvalue weighted by Gasteiger charge is 2.76. The van der Waals surface area contributed by atoms with Crippen molar-refractivity contribution in [2.75, 3.05) is 0 Å². The van der Waals surface area contributed by atoms with Crippen LogP contribution in [0.2, 0.25) is 0 Å². The van der Waals surface area contributed by atoms with E-state index in [2.05, 4.69) is 13.8 Å². The summed E-state index contributed by atoms with van der Waals surface area (Å²) in [4.78, 5) is 23.9. The molecule has 4 heteroatoms. The molecule has 4 aliphatic carbocycles. The SMILES string of the molecule is CC(=O)O[C@@H]1CC[C@]2(C)[C@H]3CC[C@]4(C)C(=O)CC[C@H]4[C@@H]3C[C@@H]3O[C@@]32C1. The third-order valence-corrected chi connectivity index (χ3v) is 9.08. The first-order valence-corrected chi connectivity index (χ1v) is 10.2. The van der Waals surface area contributed by atoms with E-state index in [1.807, 2.05) is 0 Å². The fraction of sp³-hybridized carbons (Fsp3) is 0.905. The van der Waals surface area contributed by atoms with Crippen LogP contribution in [0.15, 0.2) is 0 Å². The normalized spacial score (nSPS) is 56.3. The van der Waals surface area contributed by atoms with E-state index in [9.17, 15) is 9.59 Å². The van der Waals surface area contributed by atoms with Crippen LogP contribution in [0.3, 0.4) is 0 Å². The molecule has 5 aliphatic rings. The van der Waals surface area contributed by atoms with E-state index in [0.29, 0.717) is 29.6 Å². The molecule has 1 heterocycles. The summed E-state index contributed by atoms with van der Waals surface area (Å²) >= 11 is 0. The molecule has 138 valence electrons. The van der Waals surface area contributed by atoms with Crippen molar-refractivity contribution in [1.82, 2.24) is 0 Å². The minimum Gasteiger partial charge on any atom is -0.462 e. The number of epoxide rings is 1. The molecule has 0 amide bonds. The van der Waals surface area contributed by atoms with Crippen LogP contribution >= 0.6 is 0 Å². The highest BCUT2D eigenvalue weighted by atomic mass is 16.6. The average molecular weight is 346 g/mol. The van der Waals surface area contributed by atoms with Gasteiger partial charge in [0.05, 0.1) is 6.10 Å². The smallest absolute Gasteiger partial charge is 0.302 e. The van der Waals surface area contributed by atoms with Gasteiger partial charge in [0.2, 0.25) is 0 Å². The molecule has 1 saturated heterocycles. The Labute approximate surface area is 150 Å². The number of ether oxygens (including phenoxy) is 2. The monoisotopic (exact) mass is 346 g/mol. The van der Waals surface area contributed by atoms with Crippen molar-refractivity contribution in [3.05, 3.63) is 0 Å². The lowest BCUT2D eigenvalue weighted by atomic mass is 9.45. The Morgan fingerprint density at radius 1 is 1.16 bits per heavy atom. The van der Waals surface area contributed by atoms with Gasteiger partial charge in [0.1, 0.15) is 17.5 Å². The maximum absolute atomic E-state index is 12.5. The first-order chi connectivity index (χ1) is 11.8. The van der Waals surface area contributed by atoms with Crippen LogP contribution in [-0.4, -0.2) is 29.6 Å². The zero-order valence-electron chi connectivity index (χ0n) is 15.7. The van der Waals surface area contributed by atoms with Crippen LogP contribution in [0, 0.1) is 28.6 Å². The lowest BCUT2D eigenvalue weighted by molar-refractivity contribution is -0.157. The van der Waals surface area contributed by atoms with Crippen LogP contribution in [0.5, 0.6) is 0 Å². The molecule has 1 aliphatic heterocycles. The Kier molecular flexibility index (Phi) is 3.18. The number of fused-ring (bicyclic) bond motifs is 4. The van der Waals surface area contributed by atoms with Crippen LogP contribution < -0.4 is 0 Å². The Balaban J connectivity index is 1.44. The van der Waals surface area contributed by atoms with Gasteiger partial charge in [0.15, 0.2) is 0 Å². The molecule has 0 aromatic rings. The lowest BCUT2D eigenvalue weighted by Gasteiger charge is -2.58. The van der Waals surface area contributed by atoms with E-state index in [1.165, 1.54) is 6.92 Å². The van der Waals surface area contributed by atoms with Crippen molar-refractivity contribution in [3.8, 4) is 0 Å². The van der Waals surface area contributed by atoms with E-state index in [1.54, 1.807) is 0 Å². The van der Waals surface area contributed by atoms with Gasteiger partial charge in [0, 0.05) is 30.6 Å². The van der Waals surface area contributed by atoms with Crippen molar-refractivity contribution in [3.63, 3.8) is 0 Å². The molecule has 4 nitrogen and oxygen atoms in total. The molecule has 1 spiro atoms. The number of esters is 1. The van der Waals surface area contributed by atoms with Crippen LogP contribution in [0.1, 0.15) is 72.1 Å². The first-order valence-electron chi connectivity index (χ1n) is 10.2. The maximum atomic E-state index is 12.5. The first kappa shape index (κ1) is 16.3. The van der Waals surface area contributed by atoms with Crippen LogP contribution in [0.4, 0.5) is 0 Å². The predicted octanol–water partition coefficient (Wildman–Crippen LogP) is 3.66. The molecule has 0 bridgehead atoms. The van der Waals surface area contributed by atoms with Crippen LogP contribution in [-0.2, 0) is 19.1 Å². The van der Waals surface area contributed by atoms with E-state index < -0.39 is 0 Å². The second-order valence-electron chi connectivity index (χ2n) is 9.92. The Morgan fingerprint density at radius 3 is 2.72 bits per heavy atom. The van der Waals surface area contributed by atoms with Crippen molar-refractivity contribution in [2.24, 2.45) is 28.6 Å². The van der Waals surface area contributed by atoms with Gasteiger partial charge in [-0.3, -0.25) is 9.59 Å². The molecule has 0 aromatic carbocycles. The van der Waals surface area contributed by atoms with Gasteiger partial charge in [-0.2, -0.15) is 0 Å². The number of hydrogen-bond acceptors (Lipinski definition) is 4. The van der Waals surface area contributed by atoms with Crippen molar-refractivity contribution in [2.45, 2.75) is 89.9 Å². The Bertz CT molecular complexity index is 644. The lowest BCUT2D eigenvalue weighted by Crippen LogP contribution is -2.58. The van der Waals surface area contributed by atoms with Crippen molar-refractivity contribution in [1.29, 1.82) is 0 Å². The van der Waals surface area contributed by atoms with Gasteiger partial charge in [-0.1, -0.05) is 13.8 Å².